The Balaban J connectivity index is 1.53. The molecule has 1 aliphatic carbocycles. The highest BCUT2D eigenvalue weighted by Gasteiger charge is 2.28. The second kappa shape index (κ2) is 11.4. The molecule has 2 aromatic heterocycles. The van der Waals surface area contributed by atoms with Gasteiger partial charge in [0, 0.05) is 30.6 Å². The molecule has 1 saturated carbocycles. The topological polar surface area (TPSA) is 90.3 Å². The van der Waals surface area contributed by atoms with Gasteiger partial charge in [-0.2, -0.15) is 5.10 Å². The molecule has 1 amide bonds. The molecule has 2 atom stereocenters. The number of anilines is 2. The van der Waals surface area contributed by atoms with Gasteiger partial charge in [-0.05, 0) is 72.4 Å². The van der Waals surface area contributed by atoms with Crippen LogP contribution >= 0.6 is 0 Å². The summed E-state index contributed by atoms with van der Waals surface area (Å²) in [5, 5.41) is 11.2. The zero-order chi connectivity index (χ0) is 25.6. The van der Waals surface area contributed by atoms with Crippen LogP contribution in [0.1, 0.15) is 85.0 Å². The summed E-state index contributed by atoms with van der Waals surface area (Å²) in [6.07, 6.45) is 3.95. The first kappa shape index (κ1) is 27.0. The summed E-state index contributed by atoms with van der Waals surface area (Å²) < 4.78 is 13.0. The molecule has 2 N–H and O–H groups in total. The molecule has 8 nitrogen and oxygen atoms in total. The highest BCUT2D eigenvalue weighted by molar-refractivity contribution is 5.67. The van der Waals surface area contributed by atoms with Crippen LogP contribution in [0.4, 0.5) is 16.4 Å². The number of hydrogen-bond donors (Lipinski definition) is 2. The first-order chi connectivity index (χ1) is 16.4. The monoisotopic (exact) mass is 485 g/mol. The van der Waals surface area contributed by atoms with E-state index in [0.717, 1.165) is 23.2 Å². The molecule has 0 aliphatic heterocycles. The van der Waals surface area contributed by atoms with Crippen molar-refractivity contribution >= 4 is 17.7 Å². The Hall–Kier alpha value is -2.61. The third-order valence-corrected chi connectivity index (χ3v) is 5.96. The number of rotatable bonds is 9. The molecule has 0 bridgehead atoms. The lowest BCUT2D eigenvalue weighted by atomic mass is 10.0. The van der Waals surface area contributed by atoms with E-state index in [9.17, 15) is 4.79 Å². The van der Waals surface area contributed by atoms with Gasteiger partial charge in [0.2, 0.25) is 0 Å². The summed E-state index contributed by atoms with van der Waals surface area (Å²) in [5.74, 6) is 3.08. The second-order valence-electron chi connectivity index (χ2n) is 11.6. The standard InChI is InChI=1S/C27H43N5O3/c1-19-11-12-20(17-19)22-18-24(32(31-22)26(2,3)4)30-23-10-8-9-21(29-23)13-15-34-16-14-28-25(33)35-27(5,6)7/h8-10,18-20H,11-17H2,1-7H3,(H,28,33)(H,29,30)/t19-,20+/m1/s1. The highest BCUT2D eigenvalue weighted by atomic mass is 16.6. The fourth-order valence-corrected chi connectivity index (χ4v) is 4.31. The molecular formula is C27H43N5O3. The lowest BCUT2D eigenvalue weighted by Gasteiger charge is -2.22. The van der Waals surface area contributed by atoms with Crippen molar-refractivity contribution in [3.8, 4) is 0 Å². The van der Waals surface area contributed by atoms with Crippen LogP contribution in [0, 0.1) is 5.92 Å². The first-order valence-corrected chi connectivity index (χ1v) is 12.8. The van der Waals surface area contributed by atoms with E-state index in [-0.39, 0.29) is 5.54 Å². The molecule has 1 fully saturated rings. The van der Waals surface area contributed by atoms with Gasteiger partial charge in [-0.3, -0.25) is 0 Å². The largest absolute Gasteiger partial charge is 0.444 e. The van der Waals surface area contributed by atoms with Crippen molar-refractivity contribution in [3.63, 3.8) is 0 Å². The number of nitrogens with one attached hydrogen (secondary N) is 2. The number of alkyl carbamates (subject to hydrolysis) is 1. The lowest BCUT2D eigenvalue weighted by molar-refractivity contribution is 0.0500. The molecule has 1 aliphatic rings. The SMILES string of the molecule is C[C@@H]1CC[C@H](c2cc(Nc3cccc(CCOCCNC(=O)OC(C)(C)C)n3)n(C(C)(C)C)n2)C1. The summed E-state index contributed by atoms with van der Waals surface area (Å²) in [5.41, 5.74) is 1.48. The summed E-state index contributed by atoms with van der Waals surface area (Å²) >= 11 is 0. The number of hydrogen-bond acceptors (Lipinski definition) is 6. The van der Waals surface area contributed by atoms with Gasteiger partial charge in [0.1, 0.15) is 17.2 Å². The van der Waals surface area contributed by atoms with Crippen molar-refractivity contribution in [2.45, 2.75) is 91.2 Å². The second-order valence-corrected chi connectivity index (χ2v) is 11.6. The molecule has 35 heavy (non-hydrogen) atoms. The Bertz CT molecular complexity index is 974. The van der Waals surface area contributed by atoms with Crippen LogP contribution in [0.3, 0.4) is 0 Å². The van der Waals surface area contributed by atoms with Crippen LogP contribution in [0.25, 0.3) is 0 Å². The molecule has 194 valence electrons. The summed E-state index contributed by atoms with van der Waals surface area (Å²) in [4.78, 5) is 16.4. The van der Waals surface area contributed by atoms with Gasteiger partial charge < -0.3 is 20.1 Å². The number of carbonyl (C=O) groups excluding carboxylic acids is 1. The minimum Gasteiger partial charge on any atom is -0.444 e. The molecule has 2 heterocycles. The molecule has 3 rings (SSSR count). The molecule has 0 aromatic carbocycles. The van der Waals surface area contributed by atoms with Gasteiger partial charge >= 0.3 is 6.09 Å². The van der Waals surface area contributed by atoms with E-state index in [1.54, 1.807) is 0 Å². The highest BCUT2D eigenvalue weighted by Crippen LogP contribution is 2.39. The fraction of sp³-hybridized carbons (Fsp3) is 0.667. The van der Waals surface area contributed by atoms with E-state index in [4.69, 9.17) is 19.6 Å². The van der Waals surface area contributed by atoms with Crippen molar-refractivity contribution in [3.05, 3.63) is 35.7 Å². The minimum atomic E-state index is -0.503. The van der Waals surface area contributed by atoms with Crippen LogP contribution in [-0.2, 0) is 21.4 Å². The minimum absolute atomic E-state index is 0.135. The summed E-state index contributed by atoms with van der Waals surface area (Å²) in [6, 6.07) is 8.18. The number of carbonyl (C=O) groups is 1. The average Bonchev–Trinajstić information content (AvgIpc) is 3.36. The average molecular weight is 486 g/mol. The smallest absolute Gasteiger partial charge is 0.407 e. The van der Waals surface area contributed by atoms with Crippen LogP contribution in [0.2, 0.25) is 0 Å². The molecule has 0 radical (unpaired) electrons. The molecule has 0 saturated heterocycles. The molecular weight excluding hydrogens is 442 g/mol. The predicted octanol–water partition coefficient (Wildman–Crippen LogP) is 5.76. The van der Waals surface area contributed by atoms with E-state index < -0.39 is 11.7 Å². The van der Waals surface area contributed by atoms with Gasteiger partial charge in [-0.1, -0.05) is 19.4 Å². The lowest BCUT2D eigenvalue weighted by Crippen LogP contribution is -2.34. The van der Waals surface area contributed by atoms with Crippen LogP contribution < -0.4 is 10.6 Å². The van der Waals surface area contributed by atoms with Gasteiger partial charge in [-0.25, -0.2) is 14.5 Å². The van der Waals surface area contributed by atoms with Gasteiger partial charge in [-0.15, -0.1) is 0 Å². The van der Waals surface area contributed by atoms with Gasteiger partial charge in [0.05, 0.1) is 24.4 Å². The maximum absolute atomic E-state index is 11.7. The molecule has 2 aromatic rings. The fourth-order valence-electron chi connectivity index (χ4n) is 4.31. The van der Waals surface area contributed by atoms with Crippen molar-refractivity contribution < 1.29 is 14.3 Å². The molecule has 8 heteroatoms. The Labute approximate surface area is 210 Å². The number of pyridine rings is 1. The van der Waals surface area contributed by atoms with Crippen molar-refractivity contribution in [1.29, 1.82) is 0 Å². The van der Waals surface area contributed by atoms with E-state index in [1.807, 2.05) is 39.0 Å². The van der Waals surface area contributed by atoms with Gasteiger partial charge in [0.25, 0.3) is 0 Å². The normalized spacial score (nSPS) is 18.5. The molecule has 0 unspecified atom stereocenters. The maximum Gasteiger partial charge on any atom is 0.407 e. The Morgan fingerprint density at radius 2 is 1.91 bits per heavy atom. The third-order valence-electron chi connectivity index (χ3n) is 5.96. The Morgan fingerprint density at radius 3 is 2.57 bits per heavy atom. The predicted molar refractivity (Wildman–Crippen MR) is 139 cm³/mol. The summed E-state index contributed by atoms with van der Waals surface area (Å²) in [6.45, 7) is 15.7. The zero-order valence-electron chi connectivity index (χ0n) is 22.5. The van der Waals surface area contributed by atoms with Crippen LogP contribution in [-0.4, -0.2) is 46.2 Å². The van der Waals surface area contributed by atoms with Crippen molar-refractivity contribution in [2.24, 2.45) is 5.92 Å². The van der Waals surface area contributed by atoms with Crippen LogP contribution in [0.5, 0.6) is 0 Å². The quantitative estimate of drug-likeness (QED) is 0.439. The number of aromatic nitrogens is 3. The Kier molecular flexibility index (Phi) is 8.80. The number of amides is 1. The first-order valence-electron chi connectivity index (χ1n) is 12.8. The maximum atomic E-state index is 11.7. The summed E-state index contributed by atoms with van der Waals surface area (Å²) in [7, 11) is 0. The number of ether oxygens (including phenoxy) is 2. The van der Waals surface area contributed by atoms with Crippen molar-refractivity contribution in [1.82, 2.24) is 20.1 Å². The van der Waals surface area contributed by atoms with Crippen molar-refractivity contribution in [2.75, 3.05) is 25.1 Å². The van der Waals surface area contributed by atoms with Crippen LogP contribution in [0.15, 0.2) is 24.3 Å². The van der Waals surface area contributed by atoms with Gasteiger partial charge in [0.15, 0.2) is 0 Å². The van der Waals surface area contributed by atoms with E-state index in [0.29, 0.717) is 32.1 Å². The van der Waals surface area contributed by atoms with E-state index >= 15 is 0 Å². The zero-order valence-corrected chi connectivity index (χ0v) is 22.5. The van der Waals surface area contributed by atoms with E-state index in [1.165, 1.54) is 25.0 Å². The van der Waals surface area contributed by atoms with E-state index in [2.05, 4.69) is 49.1 Å². The Morgan fingerprint density at radius 1 is 1.14 bits per heavy atom. The third kappa shape index (κ3) is 8.53. The molecule has 0 spiro atoms. The number of nitrogens with zero attached hydrogens (tertiary/aromatic N) is 3.